The summed E-state index contributed by atoms with van der Waals surface area (Å²) >= 11 is 0. The van der Waals surface area contributed by atoms with Crippen LogP contribution in [0.4, 0.5) is 5.69 Å². The van der Waals surface area contributed by atoms with Gasteiger partial charge in [-0.2, -0.15) is 5.26 Å². The van der Waals surface area contributed by atoms with Crippen molar-refractivity contribution in [3.8, 4) is 17.6 Å². The van der Waals surface area contributed by atoms with Crippen LogP contribution in [0.15, 0.2) is 30.3 Å². The van der Waals surface area contributed by atoms with E-state index in [2.05, 4.69) is 4.98 Å². The molecule has 1 aromatic carbocycles. The molecule has 96 valence electrons. The number of hydrogen-bond donors (Lipinski definition) is 1. The zero-order valence-electron chi connectivity index (χ0n) is 11.0. The molecule has 0 amide bonds. The molecule has 0 aliphatic carbocycles. The largest absolute Gasteiger partial charge is 0.453 e. The van der Waals surface area contributed by atoms with E-state index in [4.69, 9.17) is 15.7 Å². The van der Waals surface area contributed by atoms with Crippen LogP contribution in [0.3, 0.4) is 0 Å². The number of nitriles is 1. The molecule has 0 spiro atoms. The molecular formula is C15H15N3O. The van der Waals surface area contributed by atoms with Crippen molar-refractivity contribution in [2.24, 2.45) is 0 Å². The molecule has 0 aliphatic heterocycles. The van der Waals surface area contributed by atoms with Gasteiger partial charge in [-0.3, -0.25) is 4.98 Å². The molecule has 0 fully saturated rings. The van der Waals surface area contributed by atoms with E-state index in [1.165, 1.54) is 0 Å². The molecule has 0 bridgehead atoms. The van der Waals surface area contributed by atoms with Gasteiger partial charge >= 0.3 is 0 Å². The average Bonchev–Trinajstić information content (AvgIpc) is 2.42. The lowest BCUT2D eigenvalue weighted by Gasteiger charge is -2.11. The van der Waals surface area contributed by atoms with Crippen LogP contribution < -0.4 is 10.5 Å². The lowest BCUT2D eigenvalue weighted by atomic mass is 10.2. The Hall–Kier alpha value is -2.54. The van der Waals surface area contributed by atoms with Crippen LogP contribution in [-0.2, 0) is 6.42 Å². The van der Waals surface area contributed by atoms with Gasteiger partial charge in [0.15, 0.2) is 0 Å². The number of aromatic nitrogens is 1. The van der Waals surface area contributed by atoms with Gasteiger partial charge in [-0.15, -0.1) is 0 Å². The van der Waals surface area contributed by atoms with Crippen LogP contribution in [0, 0.1) is 18.3 Å². The first-order chi connectivity index (χ1) is 9.13. The minimum absolute atomic E-state index is 0.446. The molecule has 0 saturated heterocycles. The van der Waals surface area contributed by atoms with Crippen molar-refractivity contribution >= 4 is 5.69 Å². The van der Waals surface area contributed by atoms with Gasteiger partial charge in [0.1, 0.15) is 11.5 Å². The third-order valence-electron chi connectivity index (χ3n) is 2.77. The minimum atomic E-state index is 0.446. The summed E-state index contributed by atoms with van der Waals surface area (Å²) in [6.45, 7) is 3.97. The Morgan fingerprint density at radius 1 is 1.26 bits per heavy atom. The highest BCUT2D eigenvalue weighted by molar-refractivity contribution is 5.58. The first kappa shape index (κ1) is 12.9. The number of ether oxygens (including phenoxy) is 1. The summed E-state index contributed by atoms with van der Waals surface area (Å²) < 4.78 is 5.79. The van der Waals surface area contributed by atoms with Gasteiger partial charge in [0, 0.05) is 5.69 Å². The molecular weight excluding hydrogens is 238 g/mol. The smallest absolute Gasteiger partial charge is 0.150 e. The van der Waals surface area contributed by atoms with Gasteiger partial charge in [-0.25, -0.2) is 0 Å². The van der Waals surface area contributed by atoms with Crippen molar-refractivity contribution in [1.82, 2.24) is 4.98 Å². The lowest BCUT2D eigenvalue weighted by molar-refractivity contribution is 0.475. The number of hydrogen-bond acceptors (Lipinski definition) is 4. The second kappa shape index (κ2) is 5.40. The molecule has 0 saturated carbocycles. The fraction of sp³-hybridized carbons (Fsp3) is 0.200. The average molecular weight is 253 g/mol. The highest BCUT2D eigenvalue weighted by Crippen LogP contribution is 2.30. The highest BCUT2D eigenvalue weighted by Gasteiger charge is 2.08. The Morgan fingerprint density at radius 2 is 2.00 bits per heavy atom. The summed E-state index contributed by atoms with van der Waals surface area (Å²) in [5.41, 5.74) is 8.68. The van der Waals surface area contributed by atoms with Crippen LogP contribution in [0.5, 0.6) is 11.5 Å². The van der Waals surface area contributed by atoms with Crippen molar-refractivity contribution in [2.75, 3.05) is 5.73 Å². The fourth-order valence-electron chi connectivity index (χ4n) is 1.77. The zero-order valence-corrected chi connectivity index (χ0v) is 11.0. The topological polar surface area (TPSA) is 71.9 Å². The molecule has 1 aromatic heterocycles. The molecule has 0 unspecified atom stereocenters. The summed E-state index contributed by atoms with van der Waals surface area (Å²) in [6, 6.07) is 10.8. The number of aryl methyl sites for hydroxylation is 2. The molecule has 4 heteroatoms. The Balaban J connectivity index is 2.34. The summed E-state index contributed by atoms with van der Waals surface area (Å²) in [5.74, 6) is 1.24. The van der Waals surface area contributed by atoms with Crippen molar-refractivity contribution in [3.05, 3.63) is 47.3 Å². The van der Waals surface area contributed by atoms with Crippen molar-refractivity contribution < 1.29 is 4.74 Å². The van der Waals surface area contributed by atoms with Crippen molar-refractivity contribution in [2.45, 2.75) is 20.3 Å². The predicted octanol–water partition coefficient (Wildman–Crippen LogP) is 3.20. The van der Waals surface area contributed by atoms with E-state index >= 15 is 0 Å². The van der Waals surface area contributed by atoms with E-state index < -0.39 is 0 Å². The number of benzene rings is 1. The molecule has 1 heterocycles. The van der Waals surface area contributed by atoms with E-state index in [0.717, 1.165) is 17.8 Å². The number of nitrogen functional groups attached to an aromatic ring is 1. The van der Waals surface area contributed by atoms with Crippen LogP contribution >= 0.6 is 0 Å². The van der Waals surface area contributed by atoms with Gasteiger partial charge in [-0.1, -0.05) is 6.92 Å². The highest BCUT2D eigenvalue weighted by atomic mass is 16.5. The Morgan fingerprint density at radius 3 is 2.63 bits per heavy atom. The maximum atomic E-state index is 8.80. The zero-order chi connectivity index (χ0) is 13.8. The van der Waals surface area contributed by atoms with Gasteiger partial charge in [0.2, 0.25) is 0 Å². The normalized spacial score (nSPS) is 9.95. The van der Waals surface area contributed by atoms with Crippen LogP contribution in [0.25, 0.3) is 0 Å². The molecule has 2 N–H and O–H groups in total. The molecule has 0 radical (unpaired) electrons. The second-order valence-corrected chi connectivity index (χ2v) is 4.22. The molecule has 19 heavy (non-hydrogen) atoms. The Kier molecular flexibility index (Phi) is 3.67. The number of pyridine rings is 1. The Labute approximate surface area is 112 Å². The van der Waals surface area contributed by atoms with E-state index in [1.54, 1.807) is 18.2 Å². The molecule has 2 rings (SSSR count). The van der Waals surface area contributed by atoms with E-state index in [1.807, 2.05) is 32.0 Å². The number of nitrogens with zero attached hydrogens (tertiary/aromatic N) is 2. The number of rotatable bonds is 3. The minimum Gasteiger partial charge on any atom is -0.453 e. The molecule has 2 aromatic rings. The Bertz CT molecular complexity index is 644. The monoisotopic (exact) mass is 253 g/mol. The van der Waals surface area contributed by atoms with Gasteiger partial charge in [-0.05, 0) is 43.7 Å². The van der Waals surface area contributed by atoms with Crippen LogP contribution in [0.1, 0.15) is 23.9 Å². The SMILES string of the molecule is CCc1nc(C)ccc1Oc1ccc(C#N)cc1N. The summed E-state index contributed by atoms with van der Waals surface area (Å²) in [6.07, 6.45) is 0.785. The first-order valence-electron chi connectivity index (χ1n) is 6.08. The van der Waals surface area contributed by atoms with Crippen LogP contribution in [0.2, 0.25) is 0 Å². The predicted molar refractivity (Wildman–Crippen MR) is 74.0 cm³/mol. The third-order valence-corrected chi connectivity index (χ3v) is 2.77. The fourth-order valence-corrected chi connectivity index (χ4v) is 1.77. The summed E-state index contributed by atoms with van der Waals surface area (Å²) in [5, 5.41) is 8.80. The van der Waals surface area contributed by atoms with Gasteiger partial charge in [0.25, 0.3) is 0 Å². The van der Waals surface area contributed by atoms with Crippen molar-refractivity contribution in [1.29, 1.82) is 5.26 Å². The first-order valence-corrected chi connectivity index (χ1v) is 6.08. The lowest BCUT2D eigenvalue weighted by Crippen LogP contribution is -1.98. The quantitative estimate of drug-likeness (QED) is 0.852. The van der Waals surface area contributed by atoms with Crippen molar-refractivity contribution in [3.63, 3.8) is 0 Å². The molecule has 0 aliphatic rings. The van der Waals surface area contributed by atoms with Crippen LogP contribution in [-0.4, -0.2) is 4.98 Å². The molecule has 4 nitrogen and oxygen atoms in total. The maximum Gasteiger partial charge on any atom is 0.150 e. The number of anilines is 1. The molecule has 0 atom stereocenters. The van der Waals surface area contributed by atoms with E-state index in [9.17, 15) is 0 Å². The maximum absolute atomic E-state index is 8.80. The van der Waals surface area contributed by atoms with E-state index in [-0.39, 0.29) is 0 Å². The third kappa shape index (κ3) is 2.83. The number of nitrogens with two attached hydrogens (primary N) is 1. The summed E-state index contributed by atoms with van der Waals surface area (Å²) in [4.78, 5) is 4.43. The van der Waals surface area contributed by atoms with Gasteiger partial charge < -0.3 is 10.5 Å². The second-order valence-electron chi connectivity index (χ2n) is 4.22. The summed E-state index contributed by atoms with van der Waals surface area (Å²) in [7, 11) is 0. The van der Waals surface area contributed by atoms with Gasteiger partial charge in [0.05, 0.1) is 23.0 Å². The van der Waals surface area contributed by atoms with E-state index in [0.29, 0.717) is 22.7 Å². The standard InChI is InChI=1S/C15H15N3O/c1-3-13-15(6-4-10(2)18-13)19-14-7-5-11(9-16)8-12(14)17/h4-8H,3,17H2,1-2H3.